The summed E-state index contributed by atoms with van der Waals surface area (Å²) >= 11 is 1.73. The number of amides is 2. The maximum Gasteiger partial charge on any atom is 0.251 e. The van der Waals surface area contributed by atoms with E-state index in [9.17, 15) is 9.59 Å². The third-order valence-corrected chi connectivity index (χ3v) is 8.62. The molecule has 3 aromatic rings. The van der Waals surface area contributed by atoms with E-state index in [1.807, 2.05) is 18.2 Å². The van der Waals surface area contributed by atoms with Crippen molar-refractivity contribution in [2.24, 2.45) is 0 Å². The molecule has 2 fully saturated rings. The van der Waals surface area contributed by atoms with Crippen LogP contribution in [0.15, 0.2) is 35.7 Å². The molecule has 1 atom stereocenters. The minimum Gasteiger partial charge on any atom is -0.373 e. The van der Waals surface area contributed by atoms with Gasteiger partial charge in [0.05, 0.1) is 35.8 Å². The number of rotatable bonds is 9. The van der Waals surface area contributed by atoms with Crippen molar-refractivity contribution in [3.05, 3.63) is 52.0 Å². The molecule has 1 unspecified atom stereocenters. The van der Waals surface area contributed by atoms with Gasteiger partial charge in [0.2, 0.25) is 5.91 Å². The second-order valence-corrected chi connectivity index (χ2v) is 11.2. The van der Waals surface area contributed by atoms with Crippen LogP contribution in [0.3, 0.4) is 0 Å². The number of hydrogen-bond donors (Lipinski definition) is 2. The van der Waals surface area contributed by atoms with Gasteiger partial charge in [-0.15, -0.1) is 11.3 Å². The smallest absolute Gasteiger partial charge is 0.251 e. The molecule has 0 radical (unpaired) electrons. The van der Waals surface area contributed by atoms with E-state index < -0.39 is 0 Å². The lowest BCUT2D eigenvalue weighted by molar-refractivity contribution is -0.120. The maximum absolute atomic E-state index is 12.9. The third-order valence-electron chi connectivity index (χ3n) is 7.74. The van der Waals surface area contributed by atoms with Gasteiger partial charge in [-0.25, -0.2) is 4.98 Å². The first-order valence-corrected chi connectivity index (χ1v) is 14.1. The lowest BCUT2D eigenvalue weighted by Crippen LogP contribution is -2.42. The van der Waals surface area contributed by atoms with Gasteiger partial charge in [-0.2, -0.15) is 0 Å². The molecule has 1 saturated carbocycles. The zero-order chi connectivity index (χ0) is 25.1. The van der Waals surface area contributed by atoms with Crippen molar-refractivity contribution in [3.8, 4) is 0 Å². The molecular formula is C28H36N4O3S. The third kappa shape index (κ3) is 5.20. The fourth-order valence-electron chi connectivity index (χ4n) is 5.89. The first-order chi connectivity index (χ1) is 17.5. The fraction of sp³-hybridized carbons (Fsp3) is 0.536. The molecule has 192 valence electrons. The average Bonchev–Trinajstić information content (AvgIpc) is 3.68. The summed E-state index contributed by atoms with van der Waals surface area (Å²) in [6.07, 6.45) is 8.25. The van der Waals surface area contributed by atoms with E-state index in [-0.39, 0.29) is 30.0 Å². The molecule has 0 bridgehead atoms. The van der Waals surface area contributed by atoms with Crippen molar-refractivity contribution in [3.63, 3.8) is 0 Å². The maximum atomic E-state index is 12.9. The Morgan fingerprint density at radius 2 is 2.03 bits per heavy atom. The Bertz CT molecular complexity index is 1210. The first-order valence-electron chi connectivity index (χ1n) is 13.2. The lowest BCUT2D eigenvalue weighted by atomic mass is 9.96. The van der Waals surface area contributed by atoms with Crippen LogP contribution >= 0.6 is 11.3 Å². The van der Waals surface area contributed by atoms with Crippen LogP contribution in [0.4, 0.5) is 0 Å². The Hall–Kier alpha value is -2.71. The summed E-state index contributed by atoms with van der Waals surface area (Å²) in [5.41, 5.74) is 2.35. The van der Waals surface area contributed by atoms with Gasteiger partial charge in [0, 0.05) is 22.9 Å². The van der Waals surface area contributed by atoms with Gasteiger partial charge in [-0.05, 0) is 61.7 Å². The van der Waals surface area contributed by atoms with E-state index in [4.69, 9.17) is 9.72 Å². The standard InChI is InChI=1S/C28H36N4O3S/c1-3-21(4-2)32-24-10-9-19(14-23(24)31-25(32)15-22-8-7-13-36-22)27(34)29-17-26(33)30-20-16-28(35-18-20)11-5-6-12-28/h7-10,13-14,20-21H,3-6,11-12,15-18H2,1-2H3,(H,29,34)(H,30,33). The molecule has 2 amide bonds. The van der Waals surface area contributed by atoms with Gasteiger partial charge >= 0.3 is 0 Å². The van der Waals surface area contributed by atoms with Crippen molar-refractivity contribution < 1.29 is 14.3 Å². The van der Waals surface area contributed by atoms with Gasteiger partial charge < -0.3 is 19.9 Å². The van der Waals surface area contributed by atoms with Crippen molar-refractivity contribution in [1.29, 1.82) is 0 Å². The molecule has 2 aromatic heterocycles. The number of fused-ring (bicyclic) bond motifs is 1. The summed E-state index contributed by atoms with van der Waals surface area (Å²) in [5.74, 6) is 0.583. The van der Waals surface area contributed by atoms with Crippen molar-refractivity contribution in [2.45, 2.75) is 82.9 Å². The molecule has 1 spiro atoms. The molecule has 1 aliphatic heterocycles. The predicted octanol–water partition coefficient (Wildman–Crippen LogP) is 5.00. The van der Waals surface area contributed by atoms with Crippen LogP contribution < -0.4 is 10.6 Å². The topological polar surface area (TPSA) is 85.2 Å². The number of carbonyl (C=O) groups is 2. The number of thiophene rings is 1. The Kier molecular flexibility index (Phi) is 7.44. The first kappa shape index (κ1) is 25.0. The zero-order valence-electron chi connectivity index (χ0n) is 21.2. The molecule has 3 heterocycles. The number of nitrogens with one attached hydrogen (secondary N) is 2. The highest BCUT2D eigenvalue weighted by Crippen LogP contribution is 2.40. The average molecular weight is 509 g/mol. The van der Waals surface area contributed by atoms with Crippen LogP contribution in [-0.2, 0) is 16.0 Å². The summed E-state index contributed by atoms with van der Waals surface area (Å²) in [6.45, 7) is 4.91. The quantitative estimate of drug-likeness (QED) is 0.426. The Balaban J connectivity index is 1.25. The number of nitrogens with zero attached hydrogens (tertiary/aromatic N) is 2. The van der Waals surface area contributed by atoms with E-state index >= 15 is 0 Å². The van der Waals surface area contributed by atoms with E-state index in [0.717, 1.165) is 55.4 Å². The fourth-order valence-corrected chi connectivity index (χ4v) is 6.59. The molecule has 36 heavy (non-hydrogen) atoms. The number of carbonyl (C=O) groups excluding carboxylic acids is 2. The van der Waals surface area contributed by atoms with Crippen LogP contribution in [0.5, 0.6) is 0 Å². The number of aromatic nitrogens is 2. The van der Waals surface area contributed by atoms with Crippen LogP contribution in [0.25, 0.3) is 11.0 Å². The summed E-state index contributed by atoms with van der Waals surface area (Å²) in [6, 6.07) is 10.3. The number of hydrogen-bond acceptors (Lipinski definition) is 5. The SMILES string of the molecule is CCC(CC)n1c(Cc2cccs2)nc2cc(C(=O)NCC(=O)NC3COC4(CCCC4)C3)ccc21. The van der Waals surface area contributed by atoms with Gasteiger partial charge in [0.15, 0.2) is 0 Å². The van der Waals surface area contributed by atoms with Gasteiger partial charge in [-0.3, -0.25) is 9.59 Å². The second kappa shape index (κ2) is 10.7. The number of imidazole rings is 1. The summed E-state index contributed by atoms with van der Waals surface area (Å²) in [4.78, 5) is 31.6. The number of benzene rings is 1. The minimum atomic E-state index is -0.265. The van der Waals surface area contributed by atoms with Gasteiger partial charge in [0.25, 0.3) is 5.91 Å². The molecule has 1 aliphatic carbocycles. The zero-order valence-corrected chi connectivity index (χ0v) is 22.0. The molecule has 7 nitrogen and oxygen atoms in total. The van der Waals surface area contributed by atoms with Gasteiger partial charge in [-0.1, -0.05) is 32.8 Å². The summed E-state index contributed by atoms with van der Waals surface area (Å²) < 4.78 is 8.36. The van der Waals surface area contributed by atoms with Crippen molar-refractivity contribution in [2.75, 3.05) is 13.2 Å². The predicted molar refractivity (Wildman–Crippen MR) is 143 cm³/mol. The normalized spacial score (nSPS) is 18.9. The lowest BCUT2D eigenvalue weighted by Gasteiger charge is -2.21. The molecular weight excluding hydrogens is 472 g/mol. The van der Waals surface area contributed by atoms with Crippen LogP contribution in [0, 0.1) is 0 Å². The molecule has 1 saturated heterocycles. The Labute approximate surface area is 216 Å². The van der Waals surface area contributed by atoms with E-state index in [1.165, 1.54) is 17.7 Å². The van der Waals surface area contributed by atoms with Crippen molar-refractivity contribution >= 4 is 34.2 Å². The van der Waals surface area contributed by atoms with Crippen molar-refractivity contribution in [1.82, 2.24) is 20.2 Å². The van der Waals surface area contributed by atoms with Crippen LogP contribution in [0.2, 0.25) is 0 Å². The van der Waals surface area contributed by atoms with E-state index in [0.29, 0.717) is 18.2 Å². The highest BCUT2D eigenvalue weighted by atomic mass is 32.1. The van der Waals surface area contributed by atoms with Crippen LogP contribution in [-0.4, -0.2) is 46.2 Å². The number of ether oxygens (including phenoxy) is 1. The Morgan fingerprint density at radius 1 is 1.22 bits per heavy atom. The summed E-state index contributed by atoms with van der Waals surface area (Å²) in [7, 11) is 0. The molecule has 5 rings (SSSR count). The van der Waals surface area contributed by atoms with Crippen LogP contribution in [0.1, 0.15) is 85.9 Å². The molecule has 2 N–H and O–H groups in total. The molecule has 8 heteroatoms. The largest absolute Gasteiger partial charge is 0.373 e. The van der Waals surface area contributed by atoms with E-state index in [2.05, 4.69) is 46.6 Å². The molecule has 2 aliphatic rings. The monoisotopic (exact) mass is 508 g/mol. The summed E-state index contributed by atoms with van der Waals surface area (Å²) in [5, 5.41) is 7.89. The minimum absolute atomic E-state index is 0.0275. The highest BCUT2D eigenvalue weighted by Gasteiger charge is 2.42. The second-order valence-electron chi connectivity index (χ2n) is 10.2. The molecule has 1 aromatic carbocycles. The Morgan fingerprint density at radius 3 is 2.75 bits per heavy atom. The van der Waals surface area contributed by atoms with Gasteiger partial charge in [0.1, 0.15) is 5.82 Å². The highest BCUT2D eigenvalue weighted by molar-refractivity contribution is 7.09. The van der Waals surface area contributed by atoms with E-state index in [1.54, 1.807) is 11.3 Å².